The fraction of sp³-hybridized carbons (Fsp3) is 0.353. The molecule has 0 radical (unpaired) electrons. The molecule has 1 aliphatic carbocycles. The first kappa shape index (κ1) is 15.8. The summed E-state index contributed by atoms with van der Waals surface area (Å²) in [6.45, 7) is 0. The fourth-order valence-corrected chi connectivity index (χ4v) is 3.08. The first-order chi connectivity index (χ1) is 10.9. The maximum atomic E-state index is 14.0. The molecule has 0 bridgehead atoms. The molecule has 6 heteroatoms. The van der Waals surface area contributed by atoms with Gasteiger partial charge in [-0.3, -0.25) is 4.98 Å². The van der Waals surface area contributed by atoms with Crippen LogP contribution in [0.3, 0.4) is 0 Å². The van der Waals surface area contributed by atoms with Crippen molar-refractivity contribution in [2.75, 3.05) is 5.73 Å². The van der Waals surface area contributed by atoms with Crippen molar-refractivity contribution in [1.29, 1.82) is 0 Å². The van der Waals surface area contributed by atoms with Gasteiger partial charge in [0.15, 0.2) is 0 Å². The Bertz CT molecular complexity index is 721. The summed E-state index contributed by atoms with van der Waals surface area (Å²) in [5, 5.41) is 0. The van der Waals surface area contributed by atoms with Gasteiger partial charge >= 0.3 is 0 Å². The van der Waals surface area contributed by atoms with E-state index in [2.05, 4.69) is 4.98 Å². The largest absolute Gasteiger partial charge is 0.398 e. The molecule has 122 valence electrons. The summed E-state index contributed by atoms with van der Waals surface area (Å²) >= 11 is 0. The lowest BCUT2D eigenvalue weighted by molar-refractivity contribution is -0.0381. The van der Waals surface area contributed by atoms with E-state index in [1.165, 1.54) is 12.4 Å². The number of aromatic nitrogens is 1. The molecule has 2 aromatic rings. The topological polar surface area (TPSA) is 38.9 Å². The van der Waals surface area contributed by atoms with Crippen molar-refractivity contribution in [2.45, 2.75) is 37.5 Å². The van der Waals surface area contributed by atoms with Crippen molar-refractivity contribution in [3.63, 3.8) is 0 Å². The number of nitrogens with two attached hydrogens (primary N) is 1. The zero-order valence-electron chi connectivity index (χ0n) is 12.3. The molecule has 1 aromatic carbocycles. The minimum absolute atomic E-state index is 0.0259. The van der Waals surface area contributed by atoms with Gasteiger partial charge in [-0.2, -0.15) is 0 Å². The van der Waals surface area contributed by atoms with Crippen molar-refractivity contribution < 1.29 is 17.6 Å². The SMILES string of the molecule is Nc1c(-c2cc(F)ccc2F)cncc1C1CCC(F)(F)CC1. The van der Waals surface area contributed by atoms with Crippen LogP contribution >= 0.6 is 0 Å². The van der Waals surface area contributed by atoms with Crippen LogP contribution in [0.15, 0.2) is 30.6 Å². The number of hydrogen-bond donors (Lipinski definition) is 1. The second kappa shape index (κ2) is 5.83. The Balaban J connectivity index is 1.98. The van der Waals surface area contributed by atoms with E-state index in [1.54, 1.807) is 0 Å². The fourth-order valence-electron chi connectivity index (χ4n) is 3.08. The maximum Gasteiger partial charge on any atom is 0.248 e. The number of nitrogen functional groups attached to an aromatic ring is 1. The van der Waals surface area contributed by atoms with Crippen molar-refractivity contribution in [2.24, 2.45) is 0 Å². The van der Waals surface area contributed by atoms with Crippen LogP contribution in [0.2, 0.25) is 0 Å². The summed E-state index contributed by atoms with van der Waals surface area (Å²) in [7, 11) is 0. The van der Waals surface area contributed by atoms with E-state index in [1.807, 2.05) is 0 Å². The quantitative estimate of drug-likeness (QED) is 0.798. The summed E-state index contributed by atoms with van der Waals surface area (Å²) in [6.07, 6.45) is 3.10. The molecule has 1 fully saturated rings. The molecular formula is C17H16F4N2. The lowest BCUT2D eigenvalue weighted by Crippen LogP contribution is -2.24. The monoisotopic (exact) mass is 324 g/mol. The van der Waals surface area contributed by atoms with E-state index < -0.39 is 17.6 Å². The Morgan fingerprint density at radius 3 is 2.43 bits per heavy atom. The predicted molar refractivity (Wildman–Crippen MR) is 80.2 cm³/mol. The summed E-state index contributed by atoms with van der Waals surface area (Å²) in [4.78, 5) is 4.05. The maximum absolute atomic E-state index is 14.0. The highest BCUT2D eigenvalue weighted by atomic mass is 19.3. The van der Waals surface area contributed by atoms with Crippen molar-refractivity contribution in [3.8, 4) is 11.1 Å². The molecule has 0 spiro atoms. The van der Waals surface area contributed by atoms with Crippen LogP contribution < -0.4 is 5.73 Å². The average molecular weight is 324 g/mol. The van der Waals surface area contributed by atoms with Gasteiger partial charge in [-0.15, -0.1) is 0 Å². The number of pyridine rings is 1. The van der Waals surface area contributed by atoms with Gasteiger partial charge < -0.3 is 5.73 Å². The highest BCUT2D eigenvalue weighted by molar-refractivity contribution is 5.78. The number of anilines is 1. The minimum atomic E-state index is -2.63. The molecule has 23 heavy (non-hydrogen) atoms. The Hall–Kier alpha value is -2.11. The standard InChI is InChI=1S/C17H16F4N2/c18-11-1-2-15(19)12(7-11)14-9-23-8-13(16(14)22)10-3-5-17(20,21)6-4-10/h1-2,7-10H,3-6H2,(H2,22,23). The second-order valence-corrected chi connectivity index (χ2v) is 5.94. The van der Waals surface area contributed by atoms with Gasteiger partial charge in [-0.25, -0.2) is 17.6 Å². The lowest BCUT2D eigenvalue weighted by Gasteiger charge is -2.29. The molecule has 1 aromatic heterocycles. The number of halogens is 4. The number of rotatable bonds is 2. The van der Waals surface area contributed by atoms with E-state index in [0.717, 1.165) is 18.2 Å². The smallest absolute Gasteiger partial charge is 0.248 e. The van der Waals surface area contributed by atoms with Crippen molar-refractivity contribution in [3.05, 3.63) is 47.8 Å². The zero-order valence-corrected chi connectivity index (χ0v) is 12.3. The highest BCUT2D eigenvalue weighted by Crippen LogP contribution is 2.43. The first-order valence-electron chi connectivity index (χ1n) is 7.44. The minimum Gasteiger partial charge on any atom is -0.398 e. The number of alkyl halides is 2. The third kappa shape index (κ3) is 3.16. The van der Waals surface area contributed by atoms with Crippen molar-refractivity contribution in [1.82, 2.24) is 4.98 Å². The van der Waals surface area contributed by atoms with Gasteiger partial charge in [-0.1, -0.05) is 0 Å². The number of benzene rings is 1. The van der Waals surface area contributed by atoms with Gasteiger partial charge in [0.2, 0.25) is 5.92 Å². The molecule has 1 saturated carbocycles. The van der Waals surface area contributed by atoms with E-state index in [-0.39, 0.29) is 35.6 Å². The van der Waals surface area contributed by atoms with Crippen LogP contribution in [-0.4, -0.2) is 10.9 Å². The zero-order chi connectivity index (χ0) is 16.6. The first-order valence-corrected chi connectivity index (χ1v) is 7.44. The van der Waals surface area contributed by atoms with Gasteiger partial charge in [-0.05, 0) is 42.5 Å². The summed E-state index contributed by atoms with van der Waals surface area (Å²) < 4.78 is 54.0. The van der Waals surface area contributed by atoms with Gasteiger partial charge in [0, 0.05) is 42.0 Å². The molecule has 0 amide bonds. The molecule has 2 nitrogen and oxygen atoms in total. The van der Waals surface area contributed by atoms with Crippen LogP contribution in [0.25, 0.3) is 11.1 Å². The molecule has 0 unspecified atom stereocenters. The highest BCUT2D eigenvalue weighted by Gasteiger charge is 2.36. The van der Waals surface area contributed by atoms with Gasteiger partial charge in [0.05, 0.1) is 0 Å². The van der Waals surface area contributed by atoms with Crippen LogP contribution in [0.5, 0.6) is 0 Å². The molecule has 2 N–H and O–H groups in total. The van der Waals surface area contributed by atoms with Crippen LogP contribution in [0, 0.1) is 11.6 Å². The van der Waals surface area contributed by atoms with Crippen molar-refractivity contribution >= 4 is 5.69 Å². The third-order valence-electron chi connectivity index (χ3n) is 4.39. The molecule has 0 aliphatic heterocycles. The Kier molecular flexibility index (Phi) is 4.00. The Morgan fingerprint density at radius 1 is 1.04 bits per heavy atom. The Labute approximate surface area is 131 Å². The average Bonchev–Trinajstić information content (AvgIpc) is 2.51. The molecule has 1 heterocycles. The summed E-state index contributed by atoms with van der Waals surface area (Å²) in [6, 6.07) is 3.11. The predicted octanol–water partition coefficient (Wildman–Crippen LogP) is 4.90. The summed E-state index contributed by atoms with van der Waals surface area (Å²) in [5.41, 5.74) is 7.33. The summed E-state index contributed by atoms with van der Waals surface area (Å²) in [5.74, 6) is -3.96. The third-order valence-corrected chi connectivity index (χ3v) is 4.39. The number of hydrogen-bond acceptors (Lipinski definition) is 2. The van der Waals surface area contributed by atoms with E-state index in [4.69, 9.17) is 5.73 Å². The van der Waals surface area contributed by atoms with Crippen LogP contribution in [-0.2, 0) is 0 Å². The van der Waals surface area contributed by atoms with E-state index >= 15 is 0 Å². The van der Waals surface area contributed by atoms with Crippen LogP contribution in [0.4, 0.5) is 23.2 Å². The normalized spacial score (nSPS) is 18.1. The molecule has 1 aliphatic rings. The van der Waals surface area contributed by atoms with E-state index in [9.17, 15) is 17.6 Å². The second-order valence-electron chi connectivity index (χ2n) is 5.94. The van der Waals surface area contributed by atoms with Gasteiger partial charge in [0.25, 0.3) is 0 Å². The van der Waals surface area contributed by atoms with Crippen LogP contribution in [0.1, 0.15) is 37.2 Å². The molecule has 0 atom stereocenters. The number of nitrogens with zero attached hydrogens (tertiary/aromatic N) is 1. The molecule has 3 rings (SSSR count). The van der Waals surface area contributed by atoms with E-state index in [0.29, 0.717) is 18.4 Å². The lowest BCUT2D eigenvalue weighted by atomic mass is 9.81. The molecular weight excluding hydrogens is 308 g/mol. The molecule has 0 saturated heterocycles. The van der Waals surface area contributed by atoms with Gasteiger partial charge in [0.1, 0.15) is 11.6 Å². The Morgan fingerprint density at radius 2 is 1.74 bits per heavy atom.